The van der Waals surface area contributed by atoms with Crippen LogP contribution in [0, 0.1) is 0 Å². The fourth-order valence-electron chi connectivity index (χ4n) is 1.14. The SMILES string of the molecule is NCCOP(=O)(O)OCC(CO)OC(=O)CCCC(=O)O. The molecule has 124 valence electrons. The largest absolute Gasteiger partial charge is 0.481 e. The Kier molecular flexibility index (Phi) is 10.1. The van der Waals surface area contributed by atoms with Gasteiger partial charge in [-0.05, 0) is 6.42 Å². The molecule has 0 aromatic carbocycles. The van der Waals surface area contributed by atoms with Crippen LogP contribution in [-0.4, -0.2) is 59.5 Å². The summed E-state index contributed by atoms with van der Waals surface area (Å²) in [4.78, 5) is 30.8. The van der Waals surface area contributed by atoms with Gasteiger partial charge in [-0.2, -0.15) is 0 Å². The normalized spacial score (nSPS) is 15.2. The Balaban J connectivity index is 4.07. The van der Waals surface area contributed by atoms with E-state index < -0.39 is 39.1 Å². The molecular weight excluding hydrogens is 309 g/mol. The molecule has 5 N–H and O–H groups in total. The molecule has 0 spiro atoms. The molecule has 0 aliphatic carbocycles. The third-order valence-electron chi connectivity index (χ3n) is 2.07. The first-order valence-corrected chi connectivity index (χ1v) is 7.64. The van der Waals surface area contributed by atoms with E-state index in [2.05, 4.69) is 9.05 Å². The summed E-state index contributed by atoms with van der Waals surface area (Å²) in [6, 6.07) is 0. The second-order valence-corrected chi connectivity index (χ2v) is 5.38. The van der Waals surface area contributed by atoms with Crippen LogP contribution in [0.1, 0.15) is 19.3 Å². The van der Waals surface area contributed by atoms with Gasteiger partial charge in [0.15, 0.2) is 0 Å². The van der Waals surface area contributed by atoms with Gasteiger partial charge in [0.1, 0.15) is 6.10 Å². The second-order valence-electron chi connectivity index (χ2n) is 3.93. The van der Waals surface area contributed by atoms with Gasteiger partial charge < -0.3 is 25.6 Å². The minimum atomic E-state index is -4.31. The van der Waals surface area contributed by atoms with Gasteiger partial charge in [-0.15, -0.1) is 0 Å². The van der Waals surface area contributed by atoms with Gasteiger partial charge in [0.05, 0.1) is 19.8 Å². The molecule has 21 heavy (non-hydrogen) atoms. The van der Waals surface area contributed by atoms with Crippen LogP contribution in [0.15, 0.2) is 0 Å². The van der Waals surface area contributed by atoms with Crippen molar-refractivity contribution >= 4 is 19.8 Å². The molecule has 0 saturated carbocycles. The summed E-state index contributed by atoms with van der Waals surface area (Å²) < 4.78 is 25.0. The fraction of sp³-hybridized carbons (Fsp3) is 0.800. The molecule has 0 aliphatic heterocycles. The lowest BCUT2D eigenvalue weighted by molar-refractivity contribution is -0.153. The average Bonchev–Trinajstić information content (AvgIpc) is 2.40. The first-order valence-electron chi connectivity index (χ1n) is 6.14. The number of aliphatic hydroxyl groups is 1. The van der Waals surface area contributed by atoms with Gasteiger partial charge in [0.2, 0.25) is 0 Å². The highest BCUT2D eigenvalue weighted by Gasteiger charge is 2.24. The van der Waals surface area contributed by atoms with Crippen LogP contribution >= 0.6 is 7.82 Å². The molecule has 0 bridgehead atoms. The number of esters is 1. The molecule has 0 rings (SSSR count). The molecule has 2 atom stereocenters. The lowest BCUT2D eigenvalue weighted by Crippen LogP contribution is -2.27. The number of hydrogen-bond donors (Lipinski definition) is 4. The number of carboxylic acids is 1. The zero-order valence-electron chi connectivity index (χ0n) is 11.3. The summed E-state index contributed by atoms with van der Waals surface area (Å²) in [5.41, 5.74) is 5.09. The lowest BCUT2D eigenvalue weighted by Gasteiger charge is -2.17. The molecule has 0 aromatic heterocycles. The molecule has 11 heteroatoms. The van der Waals surface area contributed by atoms with Crippen LogP contribution in [0.2, 0.25) is 0 Å². The summed E-state index contributed by atoms with van der Waals surface area (Å²) in [5, 5.41) is 17.4. The molecule has 0 saturated heterocycles. The van der Waals surface area contributed by atoms with Crippen molar-refractivity contribution in [1.82, 2.24) is 0 Å². The van der Waals surface area contributed by atoms with Crippen LogP contribution in [0.3, 0.4) is 0 Å². The van der Waals surface area contributed by atoms with Gasteiger partial charge in [0.25, 0.3) is 0 Å². The van der Waals surface area contributed by atoms with Crippen molar-refractivity contribution in [2.24, 2.45) is 5.73 Å². The zero-order valence-corrected chi connectivity index (χ0v) is 12.2. The number of ether oxygens (including phenoxy) is 1. The van der Waals surface area contributed by atoms with E-state index in [0.717, 1.165) is 0 Å². The zero-order chi connectivity index (χ0) is 16.3. The predicted molar refractivity (Wildman–Crippen MR) is 69.2 cm³/mol. The highest BCUT2D eigenvalue weighted by molar-refractivity contribution is 7.47. The Bertz CT molecular complexity index is 376. The van der Waals surface area contributed by atoms with Crippen molar-refractivity contribution in [3.05, 3.63) is 0 Å². The molecule has 0 aliphatic rings. The number of rotatable bonds is 12. The number of carbonyl (C=O) groups excluding carboxylic acids is 1. The lowest BCUT2D eigenvalue weighted by atomic mass is 10.2. The maximum absolute atomic E-state index is 11.3. The van der Waals surface area contributed by atoms with Gasteiger partial charge in [0, 0.05) is 19.4 Å². The topological polar surface area (TPSA) is 166 Å². The summed E-state index contributed by atoms with van der Waals surface area (Å²) >= 11 is 0. The van der Waals surface area contributed by atoms with Crippen molar-refractivity contribution < 1.29 is 43.0 Å². The summed E-state index contributed by atoms with van der Waals surface area (Å²) in [6.45, 7) is -1.33. The third kappa shape index (κ3) is 11.3. The van der Waals surface area contributed by atoms with Crippen LogP contribution in [0.4, 0.5) is 0 Å². The van der Waals surface area contributed by atoms with E-state index in [1.54, 1.807) is 0 Å². The van der Waals surface area contributed by atoms with Crippen molar-refractivity contribution in [2.75, 3.05) is 26.4 Å². The molecular formula is C10H20NO9P. The van der Waals surface area contributed by atoms with Crippen LogP contribution in [-0.2, 0) is 27.9 Å². The van der Waals surface area contributed by atoms with E-state index in [4.69, 9.17) is 20.7 Å². The number of carboxylic acid groups (broad SMARTS) is 1. The van der Waals surface area contributed by atoms with Crippen molar-refractivity contribution in [3.8, 4) is 0 Å². The first-order chi connectivity index (χ1) is 9.80. The van der Waals surface area contributed by atoms with E-state index in [1.165, 1.54) is 0 Å². The van der Waals surface area contributed by atoms with E-state index in [1.807, 2.05) is 0 Å². The highest BCUT2D eigenvalue weighted by atomic mass is 31.2. The van der Waals surface area contributed by atoms with E-state index in [0.29, 0.717) is 0 Å². The van der Waals surface area contributed by atoms with Crippen molar-refractivity contribution in [1.29, 1.82) is 0 Å². The van der Waals surface area contributed by atoms with E-state index in [9.17, 15) is 19.0 Å². The van der Waals surface area contributed by atoms with Crippen LogP contribution < -0.4 is 5.73 Å². The Morgan fingerprint density at radius 3 is 2.43 bits per heavy atom. The fourth-order valence-corrected chi connectivity index (χ4v) is 1.90. The van der Waals surface area contributed by atoms with Crippen molar-refractivity contribution in [3.63, 3.8) is 0 Å². The maximum atomic E-state index is 11.3. The van der Waals surface area contributed by atoms with Crippen molar-refractivity contribution in [2.45, 2.75) is 25.4 Å². The van der Waals surface area contributed by atoms with Crippen LogP contribution in [0.5, 0.6) is 0 Å². The number of nitrogens with two attached hydrogens (primary N) is 1. The molecule has 0 fully saturated rings. The molecule has 0 aromatic rings. The van der Waals surface area contributed by atoms with E-state index >= 15 is 0 Å². The number of phosphoric ester groups is 1. The summed E-state index contributed by atoms with van der Waals surface area (Å²) in [6.07, 6.45) is -1.40. The summed E-state index contributed by atoms with van der Waals surface area (Å²) in [7, 11) is -4.31. The number of phosphoric acid groups is 1. The van der Waals surface area contributed by atoms with Gasteiger partial charge in [-0.3, -0.25) is 18.6 Å². The molecule has 0 amide bonds. The highest BCUT2D eigenvalue weighted by Crippen LogP contribution is 2.42. The van der Waals surface area contributed by atoms with Crippen LogP contribution in [0.25, 0.3) is 0 Å². The van der Waals surface area contributed by atoms with Gasteiger partial charge in [-0.25, -0.2) is 4.57 Å². The Hall–Kier alpha value is -1.03. The Labute approximate surface area is 121 Å². The Morgan fingerprint density at radius 2 is 1.90 bits per heavy atom. The average molecular weight is 329 g/mol. The standard InChI is InChI=1S/C10H20NO9P/c11-4-5-18-21(16,17)19-7-8(6-12)20-10(15)3-1-2-9(13)14/h8,12H,1-7,11H2,(H,13,14)(H,16,17). The molecule has 0 radical (unpaired) electrons. The number of aliphatic hydroxyl groups excluding tert-OH is 1. The summed E-state index contributed by atoms with van der Waals surface area (Å²) in [5.74, 6) is -1.78. The maximum Gasteiger partial charge on any atom is 0.472 e. The minimum absolute atomic E-state index is 0.0237. The molecule has 2 unspecified atom stereocenters. The number of aliphatic carboxylic acids is 1. The first kappa shape index (κ1) is 20.0. The quantitative estimate of drug-likeness (QED) is 0.264. The number of hydrogen-bond acceptors (Lipinski definition) is 8. The molecule has 10 nitrogen and oxygen atoms in total. The van der Waals surface area contributed by atoms with E-state index in [-0.39, 0.29) is 32.4 Å². The molecule has 0 heterocycles. The smallest absolute Gasteiger partial charge is 0.472 e. The number of carbonyl (C=O) groups is 2. The monoisotopic (exact) mass is 329 g/mol. The minimum Gasteiger partial charge on any atom is -0.481 e. The Morgan fingerprint density at radius 1 is 1.24 bits per heavy atom. The van der Waals surface area contributed by atoms with Gasteiger partial charge in [-0.1, -0.05) is 0 Å². The third-order valence-corrected chi connectivity index (χ3v) is 3.05. The predicted octanol–water partition coefficient (Wildman–Crippen LogP) is -0.762. The van der Waals surface area contributed by atoms with Gasteiger partial charge >= 0.3 is 19.8 Å². The second kappa shape index (κ2) is 10.7.